The Morgan fingerprint density at radius 3 is 2.94 bits per heavy atom. The van der Waals surface area contributed by atoms with Crippen molar-refractivity contribution in [2.45, 2.75) is 19.4 Å². The van der Waals surface area contributed by atoms with Crippen LogP contribution in [0.3, 0.4) is 0 Å². The van der Waals surface area contributed by atoms with Crippen LogP contribution in [0.2, 0.25) is 5.02 Å². The summed E-state index contributed by atoms with van der Waals surface area (Å²) in [6, 6.07) is 5.18. The Hall–Kier alpha value is -0.350. The van der Waals surface area contributed by atoms with Gasteiger partial charge in [0, 0.05) is 18.7 Å². The highest BCUT2D eigenvalue weighted by Gasteiger charge is 2.19. The first-order valence-electron chi connectivity index (χ1n) is 6.06. The van der Waals surface area contributed by atoms with Gasteiger partial charge in [-0.1, -0.05) is 23.7 Å². The topological polar surface area (TPSA) is 29.3 Å². The third-order valence-corrected chi connectivity index (χ3v) is 3.65. The SMILES string of the molecule is Cl.NCC1CCCN(Cc2cccc(Cl)c2F)C1. The second-order valence-corrected chi connectivity index (χ2v) is 5.10. The molecule has 1 atom stereocenters. The smallest absolute Gasteiger partial charge is 0.146 e. The molecule has 0 radical (unpaired) electrons. The zero-order valence-electron chi connectivity index (χ0n) is 10.2. The molecule has 1 aromatic rings. The van der Waals surface area contributed by atoms with E-state index < -0.39 is 0 Å². The lowest BCUT2D eigenvalue weighted by Crippen LogP contribution is -2.38. The number of hydrogen-bond donors (Lipinski definition) is 1. The molecule has 1 aromatic carbocycles. The minimum Gasteiger partial charge on any atom is -0.330 e. The van der Waals surface area contributed by atoms with E-state index in [4.69, 9.17) is 17.3 Å². The standard InChI is InChI=1S/C13H18ClFN2.ClH/c14-12-5-1-4-11(13(12)15)9-17-6-2-3-10(7-16)8-17;/h1,4-5,10H,2-3,6-9,16H2;1H. The molecule has 0 aromatic heterocycles. The fourth-order valence-electron chi connectivity index (χ4n) is 2.40. The molecule has 1 aliphatic heterocycles. The summed E-state index contributed by atoms with van der Waals surface area (Å²) in [6.07, 6.45) is 2.33. The van der Waals surface area contributed by atoms with Crippen LogP contribution in [0.5, 0.6) is 0 Å². The lowest BCUT2D eigenvalue weighted by molar-refractivity contribution is 0.169. The van der Waals surface area contributed by atoms with Crippen molar-refractivity contribution in [3.63, 3.8) is 0 Å². The van der Waals surface area contributed by atoms with Gasteiger partial charge in [-0.15, -0.1) is 12.4 Å². The Bertz CT molecular complexity index is 387. The van der Waals surface area contributed by atoms with Gasteiger partial charge in [0.15, 0.2) is 0 Å². The Labute approximate surface area is 119 Å². The summed E-state index contributed by atoms with van der Waals surface area (Å²) in [6.45, 7) is 3.32. The summed E-state index contributed by atoms with van der Waals surface area (Å²) in [5.74, 6) is 0.259. The quantitative estimate of drug-likeness (QED) is 0.928. The number of halogens is 3. The highest BCUT2D eigenvalue weighted by molar-refractivity contribution is 6.30. The van der Waals surface area contributed by atoms with Gasteiger partial charge in [0.2, 0.25) is 0 Å². The average molecular weight is 293 g/mol. The first-order chi connectivity index (χ1) is 8.20. The first-order valence-corrected chi connectivity index (χ1v) is 6.44. The zero-order valence-corrected chi connectivity index (χ0v) is 11.8. The van der Waals surface area contributed by atoms with Crippen molar-refractivity contribution >= 4 is 24.0 Å². The van der Waals surface area contributed by atoms with Crippen LogP contribution in [0, 0.1) is 11.7 Å². The molecule has 1 heterocycles. The van der Waals surface area contributed by atoms with Gasteiger partial charge in [-0.05, 0) is 37.9 Å². The second-order valence-electron chi connectivity index (χ2n) is 4.69. The maximum atomic E-state index is 13.8. The molecule has 1 unspecified atom stereocenters. The third-order valence-electron chi connectivity index (χ3n) is 3.36. The third kappa shape index (κ3) is 3.82. The summed E-state index contributed by atoms with van der Waals surface area (Å²) < 4.78 is 13.8. The van der Waals surface area contributed by atoms with Crippen molar-refractivity contribution in [1.29, 1.82) is 0 Å². The summed E-state index contributed by atoms with van der Waals surface area (Å²) >= 11 is 5.77. The van der Waals surface area contributed by atoms with E-state index in [1.54, 1.807) is 18.2 Å². The van der Waals surface area contributed by atoms with Crippen LogP contribution in [0.25, 0.3) is 0 Å². The van der Waals surface area contributed by atoms with E-state index in [9.17, 15) is 4.39 Å². The van der Waals surface area contributed by atoms with E-state index in [1.807, 2.05) is 0 Å². The molecule has 2 N–H and O–H groups in total. The van der Waals surface area contributed by atoms with Crippen molar-refractivity contribution in [1.82, 2.24) is 4.90 Å². The monoisotopic (exact) mass is 292 g/mol. The van der Waals surface area contributed by atoms with E-state index in [-0.39, 0.29) is 23.2 Å². The lowest BCUT2D eigenvalue weighted by Gasteiger charge is -2.32. The first kappa shape index (κ1) is 15.7. The van der Waals surface area contributed by atoms with Crippen LogP contribution in [-0.2, 0) is 6.54 Å². The number of rotatable bonds is 3. The van der Waals surface area contributed by atoms with Crippen LogP contribution in [0.4, 0.5) is 4.39 Å². The minimum absolute atomic E-state index is 0. The van der Waals surface area contributed by atoms with Crippen molar-refractivity contribution in [3.05, 3.63) is 34.6 Å². The number of piperidine rings is 1. The number of nitrogens with zero attached hydrogens (tertiary/aromatic N) is 1. The molecule has 0 spiro atoms. The predicted octanol–water partition coefficient (Wildman–Crippen LogP) is 3.07. The van der Waals surface area contributed by atoms with Crippen LogP contribution in [-0.4, -0.2) is 24.5 Å². The second kappa shape index (κ2) is 7.29. The molecule has 0 saturated carbocycles. The Kier molecular flexibility index (Phi) is 6.36. The van der Waals surface area contributed by atoms with Crippen LogP contribution >= 0.6 is 24.0 Å². The van der Waals surface area contributed by atoms with Crippen molar-refractivity contribution in [2.75, 3.05) is 19.6 Å². The molecule has 1 fully saturated rings. The maximum absolute atomic E-state index is 13.8. The molecule has 1 saturated heterocycles. The van der Waals surface area contributed by atoms with Gasteiger partial charge in [0.25, 0.3) is 0 Å². The summed E-state index contributed by atoms with van der Waals surface area (Å²) in [5, 5.41) is 0.204. The normalized spacial score (nSPS) is 20.5. The molecule has 5 heteroatoms. The molecular formula is C13H19Cl2FN2. The fourth-order valence-corrected chi connectivity index (χ4v) is 2.59. The van der Waals surface area contributed by atoms with Gasteiger partial charge in [-0.2, -0.15) is 0 Å². The van der Waals surface area contributed by atoms with Gasteiger partial charge in [0.05, 0.1) is 5.02 Å². The van der Waals surface area contributed by atoms with Crippen LogP contribution < -0.4 is 5.73 Å². The Morgan fingerprint density at radius 2 is 2.22 bits per heavy atom. The summed E-state index contributed by atoms with van der Waals surface area (Å²) in [7, 11) is 0. The highest BCUT2D eigenvalue weighted by atomic mass is 35.5. The molecule has 0 amide bonds. The van der Waals surface area contributed by atoms with Crippen molar-refractivity contribution in [2.24, 2.45) is 11.7 Å². The van der Waals surface area contributed by atoms with Crippen LogP contribution in [0.15, 0.2) is 18.2 Å². The van der Waals surface area contributed by atoms with Gasteiger partial charge >= 0.3 is 0 Å². The van der Waals surface area contributed by atoms with Gasteiger partial charge in [0.1, 0.15) is 5.82 Å². The predicted molar refractivity (Wildman–Crippen MR) is 75.7 cm³/mol. The minimum atomic E-state index is -0.288. The number of nitrogens with two attached hydrogens (primary N) is 1. The molecule has 1 aliphatic rings. The molecular weight excluding hydrogens is 274 g/mol. The Balaban J connectivity index is 0.00000162. The van der Waals surface area contributed by atoms with E-state index in [0.717, 1.165) is 19.5 Å². The highest BCUT2D eigenvalue weighted by Crippen LogP contribution is 2.22. The number of benzene rings is 1. The maximum Gasteiger partial charge on any atom is 0.146 e. The molecule has 2 rings (SSSR count). The fraction of sp³-hybridized carbons (Fsp3) is 0.538. The molecule has 0 aliphatic carbocycles. The molecule has 2 nitrogen and oxygen atoms in total. The molecule has 0 bridgehead atoms. The largest absolute Gasteiger partial charge is 0.330 e. The lowest BCUT2D eigenvalue weighted by atomic mass is 9.98. The van der Waals surface area contributed by atoms with E-state index >= 15 is 0 Å². The van der Waals surface area contributed by atoms with E-state index in [0.29, 0.717) is 24.6 Å². The molecule has 18 heavy (non-hydrogen) atoms. The van der Waals surface area contributed by atoms with E-state index in [1.165, 1.54) is 6.42 Å². The number of hydrogen-bond acceptors (Lipinski definition) is 2. The zero-order chi connectivity index (χ0) is 12.3. The van der Waals surface area contributed by atoms with Crippen LogP contribution in [0.1, 0.15) is 18.4 Å². The van der Waals surface area contributed by atoms with Gasteiger partial charge in [-0.3, -0.25) is 4.90 Å². The molecule has 102 valence electrons. The average Bonchev–Trinajstić information content (AvgIpc) is 2.35. The van der Waals surface area contributed by atoms with E-state index in [2.05, 4.69) is 4.90 Å². The van der Waals surface area contributed by atoms with Gasteiger partial charge in [-0.25, -0.2) is 4.39 Å². The summed E-state index contributed by atoms with van der Waals surface area (Å²) in [4.78, 5) is 2.26. The van der Waals surface area contributed by atoms with Crippen molar-refractivity contribution in [3.8, 4) is 0 Å². The Morgan fingerprint density at radius 1 is 1.44 bits per heavy atom. The number of likely N-dealkylation sites (tertiary alicyclic amines) is 1. The van der Waals surface area contributed by atoms with Crippen molar-refractivity contribution < 1.29 is 4.39 Å². The summed E-state index contributed by atoms with van der Waals surface area (Å²) in [5.41, 5.74) is 6.37. The van der Waals surface area contributed by atoms with Gasteiger partial charge < -0.3 is 5.73 Å².